The van der Waals surface area contributed by atoms with E-state index in [9.17, 15) is 9.90 Å². The van der Waals surface area contributed by atoms with Gasteiger partial charge in [0.1, 0.15) is 11.4 Å². The van der Waals surface area contributed by atoms with Gasteiger partial charge < -0.3 is 14.4 Å². The Bertz CT molecular complexity index is 752. The Morgan fingerprint density at radius 3 is 2.40 bits per heavy atom. The van der Waals surface area contributed by atoms with Gasteiger partial charge in [-0.2, -0.15) is 0 Å². The summed E-state index contributed by atoms with van der Waals surface area (Å²) in [5, 5.41) is 14.4. The minimum Gasteiger partial charge on any atom is -0.460 e. The molecule has 1 N–H and O–H groups in total. The Kier molecular flexibility index (Phi) is 6.04. The molecule has 2 unspecified atom stereocenters. The second-order valence-corrected chi connectivity index (χ2v) is 11.6. The van der Waals surface area contributed by atoms with Crippen LogP contribution in [0.1, 0.15) is 114 Å². The standard InChI is InChI=1S/C25H39NO4/c1-14(2)8-15-9-18(10-15)23-21(17-6-7-17)22(26-30-23)19-11-16(13-27)12-20(19)24(28)29-25(3,4)5/h14-20,27H,6-13H2,1-5H3/t15?,16?,18?,19?,20-/m0/s1. The number of aliphatic hydroxyl groups excluding tert-OH is 1. The molecule has 3 atom stereocenters. The van der Waals surface area contributed by atoms with Gasteiger partial charge in [-0.3, -0.25) is 4.79 Å². The zero-order valence-electron chi connectivity index (χ0n) is 19.3. The maximum absolute atomic E-state index is 13.0. The summed E-state index contributed by atoms with van der Waals surface area (Å²) in [5.41, 5.74) is 1.79. The fraction of sp³-hybridized carbons (Fsp3) is 0.840. The number of hydrogen-bond donors (Lipinski definition) is 1. The first-order valence-corrected chi connectivity index (χ1v) is 12.0. The third-order valence-corrected chi connectivity index (χ3v) is 7.16. The van der Waals surface area contributed by atoms with Crippen molar-refractivity contribution in [1.29, 1.82) is 0 Å². The summed E-state index contributed by atoms with van der Waals surface area (Å²) < 4.78 is 11.7. The van der Waals surface area contributed by atoms with Crippen molar-refractivity contribution in [2.24, 2.45) is 23.7 Å². The first-order chi connectivity index (χ1) is 14.2. The zero-order valence-corrected chi connectivity index (χ0v) is 19.3. The van der Waals surface area contributed by atoms with Crippen LogP contribution in [-0.2, 0) is 9.53 Å². The maximum Gasteiger partial charge on any atom is 0.310 e. The van der Waals surface area contributed by atoms with Gasteiger partial charge in [0.25, 0.3) is 0 Å². The molecular formula is C25H39NO4. The van der Waals surface area contributed by atoms with Crippen molar-refractivity contribution in [2.75, 3.05) is 6.61 Å². The SMILES string of the molecule is CC(C)CC1CC(c2onc(C3CC(CO)C[C@@H]3C(=O)OC(C)(C)C)c2C2CC2)C1. The monoisotopic (exact) mass is 417 g/mol. The number of rotatable bonds is 7. The van der Waals surface area contributed by atoms with Crippen molar-refractivity contribution < 1.29 is 19.2 Å². The van der Waals surface area contributed by atoms with E-state index in [1.165, 1.54) is 37.7 Å². The summed E-state index contributed by atoms with van der Waals surface area (Å²) in [6.07, 6.45) is 7.53. The van der Waals surface area contributed by atoms with Crippen LogP contribution < -0.4 is 0 Å². The molecule has 0 radical (unpaired) electrons. The molecule has 3 saturated carbocycles. The fourth-order valence-electron chi connectivity index (χ4n) is 5.71. The van der Waals surface area contributed by atoms with Crippen LogP contribution in [0.4, 0.5) is 0 Å². The van der Waals surface area contributed by atoms with Gasteiger partial charge in [-0.1, -0.05) is 19.0 Å². The van der Waals surface area contributed by atoms with E-state index in [1.807, 2.05) is 20.8 Å². The van der Waals surface area contributed by atoms with Crippen LogP contribution in [0.15, 0.2) is 4.52 Å². The summed E-state index contributed by atoms with van der Waals surface area (Å²) >= 11 is 0. The summed E-state index contributed by atoms with van der Waals surface area (Å²) in [7, 11) is 0. The Morgan fingerprint density at radius 2 is 1.83 bits per heavy atom. The van der Waals surface area contributed by atoms with Crippen molar-refractivity contribution in [2.45, 2.75) is 103 Å². The first-order valence-electron chi connectivity index (χ1n) is 12.0. The van der Waals surface area contributed by atoms with E-state index in [2.05, 4.69) is 19.0 Å². The quantitative estimate of drug-likeness (QED) is 0.590. The molecule has 30 heavy (non-hydrogen) atoms. The highest BCUT2D eigenvalue weighted by Gasteiger charge is 2.47. The van der Waals surface area contributed by atoms with Crippen molar-refractivity contribution in [1.82, 2.24) is 5.16 Å². The minimum absolute atomic E-state index is 0.00311. The normalized spacial score (nSPS) is 31.8. The first kappa shape index (κ1) is 21.9. The van der Waals surface area contributed by atoms with Gasteiger partial charge in [-0.05, 0) is 89.4 Å². The molecule has 0 spiro atoms. The summed E-state index contributed by atoms with van der Waals surface area (Å²) in [4.78, 5) is 13.0. The largest absolute Gasteiger partial charge is 0.460 e. The molecule has 3 fully saturated rings. The smallest absolute Gasteiger partial charge is 0.310 e. The number of carbonyl (C=O) groups is 1. The van der Waals surface area contributed by atoms with E-state index in [4.69, 9.17) is 9.26 Å². The molecule has 3 aliphatic rings. The highest BCUT2D eigenvalue weighted by molar-refractivity contribution is 5.74. The lowest BCUT2D eigenvalue weighted by atomic mass is 9.69. The molecule has 0 aromatic carbocycles. The molecule has 5 heteroatoms. The van der Waals surface area contributed by atoms with Crippen molar-refractivity contribution in [3.05, 3.63) is 17.0 Å². The molecule has 168 valence electrons. The molecule has 0 amide bonds. The predicted octanol–water partition coefficient (Wildman–Crippen LogP) is 5.54. The second kappa shape index (κ2) is 8.29. The zero-order chi connectivity index (χ0) is 21.6. The van der Waals surface area contributed by atoms with Gasteiger partial charge in [0.15, 0.2) is 0 Å². The number of hydrogen-bond acceptors (Lipinski definition) is 5. The molecule has 1 aromatic heterocycles. The van der Waals surface area contributed by atoms with Gasteiger partial charge in [0.05, 0.1) is 11.6 Å². The van der Waals surface area contributed by atoms with Gasteiger partial charge >= 0.3 is 5.97 Å². The Hall–Kier alpha value is -1.36. The lowest BCUT2D eigenvalue weighted by molar-refractivity contribution is -0.160. The van der Waals surface area contributed by atoms with Gasteiger partial charge in [-0.25, -0.2) is 0 Å². The molecule has 5 nitrogen and oxygen atoms in total. The minimum atomic E-state index is -0.509. The molecule has 0 bridgehead atoms. The van der Waals surface area contributed by atoms with Gasteiger partial charge in [0, 0.05) is 24.0 Å². The molecule has 4 rings (SSSR count). The second-order valence-electron chi connectivity index (χ2n) is 11.6. The number of esters is 1. The van der Waals surface area contributed by atoms with Crippen LogP contribution >= 0.6 is 0 Å². The molecule has 1 heterocycles. The van der Waals surface area contributed by atoms with E-state index < -0.39 is 5.60 Å². The summed E-state index contributed by atoms with van der Waals surface area (Å²) in [6.45, 7) is 10.4. The van der Waals surface area contributed by atoms with Crippen LogP contribution in [0.5, 0.6) is 0 Å². The van der Waals surface area contributed by atoms with Crippen LogP contribution in [0.3, 0.4) is 0 Å². The number of nitrogens with zero attached hydrogens (tertiary/aromatic N) is 1. The third kappa shape index (κ3) is 4.61. The number of carbonyl (C=O) groups excluding carboxylic acids is 1. The summed E-state index contributed by atoms with van der Waals surface area (Å²) in [6, 6.07) is 0. The van der Waals surface area contributed by atoms with Gasteiger partial charge in [-0.15, -0.1) is 0 Å². The Labute approximate surface area is 180 Å². The lowest BCUT2D eigenvalue weighted by Crippen LogP contribution is -2.30. The fourth-order valence-corrected chi connectivity index (χ4v) is 5.71. The molecular weight excluding hydrogens is 378 g/mol. The van der Waals surface area contributed by atoms with Crippen LogP contribution in [0.25, 0.3) is 0 Å². The number of aliphatic hydroxyl groups is 1. The van der Waals surface area contributed by atoms with Crippen LogP contribution in [0, 0.1) is 23.7 Å². The Morgan fingerprint density at radius 1 is 1.13 bits per heavy atom. The predicted molar refractivity (Wildman–Crippen MR) is 115 cm³/mol. The van der Waals surface area contributed by atoms with E-state index in [0.717, 1.165) is 29.7 Å². The summed E-state index contributed by atoms with van der Waals surface area (Å²) in [5.74, 6) is 3.39. The van der Waals surface area contributed by atoms with Crippen molar-refractivity contribution >= 4 is 5.97 Å². The molecule has 0 aliphatic heterocycles. The van der Waals surface area contributed by atoms with E-state index >= 15 is 0 Å². The van der Waals surface area contributed by atoms with Crippen LogP contribution in [0.2, 0.25) is 0 Å². The van der Waals surface area contributed by atoms with Crippen molar-refractivity contribution in [3.8, 4) is 0 Å². The average Bonchev–Trinajstić information content (AvgIpc) is 3.21. The van der Waals surface area contributed by atoms with E-state index in [0.29, 0.717) is 18.3 Å². The average molecular weight is 418 g/mol. The maximum atomic E-state index is 13.0. The molecule has 1 aromatic rings. The van der Waals surface area contributed by atoms with Crippen molar-refractivity contribution in [3.63, 3.8) is 0 Å². The topological polar surface area (TPSA) is 72.6 Å². The highest BCUT2D eigenvalue weighted by Crippen LogP contribution is 2.55. The number of ether oxygens (including phenoxy) is 1. The van der Waals surface area contributed by atoms with E-state index in [1.54, 1.807) is 0 Å². The third-order valence-electron chi connectivity index (χ3n) is 7.16. The van der Waals surface area contributed by atoms with Gasteiger partial charge in [0.2, 0.25) is 0 Å². The van der Waals surface area contributed by atoms with Crippen LogP contribution in [-0.4, -0.2) is 28.4 Å². The Balaban J connectivity index is 1.56. The molecule has 0 saturated heterocycles. The molecule has 3 aliphatic carbocycles. The highest BCUT2D eigenvalue weighted by atomic mass is 16.6. The lowest BCUT2D eigenvalue weighted by Gasteiger charge is -2.35. The number of aromatic nitrogens is 1. The van der Waals surface area contributed by atoms with E-state index in [-0.39, 0.29) is 30.3 Å².